The molecule has 1 aromatic rings. The van der Waals surface area contributed by atoms with Crippen LogP contribution in [0.5, 0.6) is 5.75 Å². The molecule has 0 aromatic heterocycles. The summed E-state index contributed by atoms with van der Waals surface area (Å²) < 4.78 is 19.4. The molecule has 0 saturated carbocycles. The van der Waals surface area contributed by atoms with Crippen molar-refractivity contribution in [3.05, 3.63) is 29.6 Å². The van der Waals surface area contributed by atoms with Gasteiger partial charge in [-0.3, -0.25) is 0 Å². The number of ether oxygens (including phenoxy) is 1. The lowest BCUT2D eigenvalue weighted by Gasteiger charge is -2.14. The third-order valence-corrected chi connectivity index (χ3v) is 3.22. The summed E-state index contributed by atoms with van der Waals surface area (Å²) in [7, 11) is 0. The summed E-state index contributed by atoms with van der Waals surface area (Å²) >= 11 is 0. The lowest BCUT2D eigenvalue weighted by atomic mass is 10.1. The van der Waals surface area contributed by atoms with Crippen molar-refractivity contribution in [2.45, 2.75) is 52.5 Å². The van der Waals surface area contributed by atoms with E-state index in [4.69, 9.17) is 4.74 Å². The van der Waals surface area contributed by atoms with Crippen LogP contribution < -0.4 is 10.1 Å². The van der Waals surface area contributed by atoms with Crippen molar-refractivity contribution in [1.82, 2.24) is 5.32 Å². The monoisotopic (exact) mass is 267 g/mol. The van der Waals surface area contributed by atoms with Gasteiger partial charge < -0.3 is 10.1 Å². The second kappa shape index (κ2) is 8.92. The van der Waals surface area contributed by atoms with Gasteiger partial charge in [0.2, 0.25) is 0 Å². The molecule has 0 fully saturated rings. The third-order valence-electron chi connectivity index (χ3n) is 3.22. The highest BCUT2D eigenvalue weighted by Gasteiger charge is 2.09. The highest BCUT2D eigenvalue weighted by molar-refractivity contribution is 5.30. The number of nitrogens with one attached hydrogen (secondary N) is 1. The average molecular weight is 267 g/mol. The van der Waals surface area contributed by atoms with Gasteiger partial charge in [0.25, 0.3) is 0 Å². The number of unbranched alkanes of at least 4 members (excludes halogenated alkanes) is 3. The number of rotatable bonds is 9. The van der Waals surface area contributed by atoms with Gasteiger partial charge in [0.15, 0.2) is 11.6 Å². The third kappa shape index (κ3) is 5.60. The quantitative estimate of drug-likeness (QED) is 0.667. The predicted molar refractivity (Wildman–Crippen MR) is 78.1 cm³/mol. The summed E-state index contributed by atoms with van der Waals surface area (Å²) in [4.78, 5) is 0. The first-order chi connectivity index (χ1) is 9.19. The summed E-state index contributed by atoms with van der Waals surface area (Å²) in [5, 5.41) is 3.27. The van der Waals surface area contributed by atoms with Crippen LogP contribution in [0, 0.1) is 5.82 Å². The van der Waals surface area contributed by atoms with Gasteiger partial charge in [-0.15, -0.1) is 0 Å². The van der Waals surface area contributed by atoms with Crippen molar-refractivity contribution in [3.8, 4) is 5.75 Å². The number of hydrogen-bond donors (Lipinski definition) is 1. The molecule has 0 aliphatic rings. The van der Waals surface area contributed by atoms with Crippen LogP contribution >= 0.6 is 0 Å². The van der Waals surface area contributed by atoms with E-state index in [0.717, 1.165) is 24.9 Å². The summed E-state index contributed by atoms with van der Waals surface area (Å²) in [6.07, 6.45) is 4.55. The Morgan fingerprint density at radius 2 is 2.00 bits per heavy atom. The Kier molecular flexibility index (Phi) is 7.49. The molecule has 0 bridgehead atoms. The number of hydrogen-bond acceptors (Lipinski definition) is 2. The number of halogens is 1. The maximum absolute atomic E-state index is 13.9. The van der Waals surface area contributed by atoms with Gasteiger partial charge in [-0.1, -0.05) is 39.2 Å². The highest BCUT2D eigenvalue weighted by atomic mass is 19.1. The molecule has 0 aliphatic carbocycles. The molecule has 1 unspecified atom stereocenters. The van der Waals surface area contributed by atoms with Crippen LogP contribution in [0.2, 0.25) is 0 Å². The first kappa shape index (κ1) is 16.0. The lowest BCUT2D eigenvalue weighted by Crippen LogP contribution is -2.17. The molecule has 19 heavy (non-hydrogen) atoms. The second-order valence-corrected chi connectivity index (χ2v) is 4.88. The summed E-state index contributed by atoms with van der Waals surface area (Å²) in [5.41, 5.74) is 0.956. The van der Waals surface area contributed by atoms with Crippen LogP contribution in [0.25, 0.3) is 0 Å². The van der Waals surface area contributed by atoms with Crippen LogP contribution in [0.15, 0.2) is 18.2 Å². The molecule has 0 radical (unpaired) electrons. The van der Waals surface area contributed by atoms with E-state index in [9.17, 15) is 4.39 Å². The Bertz CT molecular complexity index is 368. The fraction of sp³-hybridized carbons (Fsp3) is 0.625. The van der Waals surface area contributed by atoms with Crippen LogP contribution in [0.3, 0.4) is 0 Å². The Labute approximate surface area is 116 Å². The largest absolute Gasteiger partial charge is 0.491 e. The topological polar surface area (TPSA) is 21.3 Å². The maximum atomic E-state index is 13.9. The fourth-order valence-electron chi connectivity index (χ4n) is 2.04. The summed E-state index contributed by atoms with van der Waals surface area (Å²) in [5.74, 6) is 0.0988. The van der Waals surface area contributed by atoms with Gasteiger partial charge in [0.1, 0.15) is 0 Å². The summed E-state index contributed by atoms with van der Waals surface area (Å²) in [6, 6.07) is 5.39. The minimum Gasteiger partial charge on any atom is -0.491 e. The molecule has 0 saturated heterocycles. The van der Waals surface area contributed by atoms with Crippen molar-refractivity contribution in [1.29, 1.82) is 0 Å². The molecule has 108 valence electrons. The predicted octanol–water partition coefficient (Wildman–Crippen LogP) is 4.46. The Balaban J connectivity index is 2.47. The molecular weight excluding hydrogens is 241 g/mol. The molecular formula is C16H26FNO. The van der Waals surface area contributed by atoms with Gasteiger partial charge in [-0.25, -0.2) is 4.39 Å². The van der Waals surface area contributed by atoms with E-state index in [1.165, 1.54) is 12.8 Å². The van der Waals surface area contributed by atoms with Crippen molar-refractivity contribution >= 4 is 0 Å². The summed E-state index contributed by atoms with van der Waals surface area (Å²) in [6.45, 7) is 7.71. The van der Waals surface area contributed by atoms with Gasteiger partial charge in [0.05, 0.1) is 6.61 Å². The zero-order valence-electron chi connectivity index (χ0n) is 12.3. The molecule has 3 heteroatoms. The molecule has 0 aliphatic heterocycles. The minimum absolute atomic E-state index is 0.165. The average Bonchev–Trinajstić information content (AvgIpc) is 2.40. The first-order valence-corrected chi connectivity index (χ1v) is 7.34. The van der Waals surface area contributed by atoms with Crippen molar-refractivity contribution in [2.24, 2.45) is 0 Å². The zero-order valence-corrected chi connectivity index (χ0v) is 12.3. The molecule has 2 nitrogen and oxygen atoms in total. The van der Waals surface area contributed by atoms with Crippen LogP contribution in [0.1, 0.15) is 58.1 Å². The Hall–Kier alpha value is -1.09. The van der Waals surface area contributed by atoms with Crippen LogP contribution in [0.4, 0.5) is 4.39 Å². The van der Waals surface area contributed by atoms with Gasteiger partial charge in [-0.05, 0) is 37.6 Å². The molecule has 1 atom stereocenters. The smallest absolute Gasteiger partial charge is 0.165 e. The first-order valence-electron chi connectivity index (χ1n) is 7.34. The zero-order chi connectivity index (χ0) is 14.1. The van der Waals surface area contributed by atoms with E-state index in [1.807, 2.05) is 19.9 Å². The van der Waals surface area contributed by atoms with Crippen LogP contribution in [-0.4, -0.2) is 13.2 Å². The molecule has 0 amide bonds. The molecule has 1 rings (SSSR count). The SMILES string of the molecule is CCCCCCOc1ccc(C(C)NCC)cc1F. The Morgan fingerprint density at radius 1 is 1.21 bits per heavy atom. The van der Waals surface area contributed by atoms with E-state index in [-0.39, 0.29) is 11.9 Å². The van der Waals surface area contributed by atoms with Gasteiger partial charge >= 0.3 is 0 Å². The van der Waals surface area contributed by atoms with Crippen molar-refractivity contribution in [3.63, 3.8) is 0 Å². The van der Waals surface area contributed by atoms with Crippen molar-refractivity contribution < 1.29 is 9.13 Å². The van der Waals surface area contributed by atoms with Gasteiger partial charge in [-0.2, -0.15) is 0 Å². The molecule has 1 N–H and O–H groups in total. The van der Waals surface area contributed by atoms with E-state index in [0.29, 0.717) is 12.4 Å². The molecule has 0 heterocycles. The van der Waals surface area contributed by atoms with E-state index in [1.54, 1.807) is 12.1 Å². The normalized spacial score (nSPS) is 12.4. The second-order valence-electron chi connectivity index (χ2n) is 4.88. The fourth-order valence-corrected chi connectivity index (χ4v) is 2.04. The Morgan fingerprint density at radius 3 is 2.63 bits per heavy atom. The number of benzene rings is 1. The molecule has 0 spiro atoms. The van der Waals surface area contributed by atoms with E-state index >= 15 is 0 Å². The highest BCUT2D eigenvalue weighted by Crippen LogP contribution is 2.22. The standard InChI is InChI=1S/C16H26FNO/c1-4-6-7-8-11-19-16-10-9-14(12-15(16)17)13(3)18-5-2/h9-10,12-13,18H,4-8,11H2,1-3H3. The minimum atomic E-state index is -0.266. The van der Waals surface area contributed by atoms with E-state index in [2.05, 4.69) is 12.2 Å². The van der Waals surface area contributed by atoms with Crippen LogP contribution in [-0.2, 0) is 0 Å². The maximum Gasteiger partial charge on any atom is 0.165 e. The lowest BCUT2D eigenvalue weighted by molar-refractivity contribution is 0.290. The van der Waals surface area contributed by atoms with E-state index < -0.39 is 0 Å². The van der Waals surface area contributed by atoms with Crippen molar-refractivity contribution in [2.75, 3.05) is 13.2 Å². The van der Waals surface area contributed by atoms with Gasteiger partial charge in [0, 0.05) is 6.04 Å². The molecule has 1 aromatic carbocycles.